The van der Waals surface area contributed by atoms with Gasteiger partial charge < -0.3 is 15.7 Å². The molecular formula is C26H25N3O3. The third kappa shape index (κ3) is 3.97. The van der Waals surface area contributed by atoms with Gasteiger partial charge in [0, 0.05) is 35.9 Å². The zero-order valence-electron chi connectivity index (χ0n) is 17.7. The highest BCUT2D eigenvalue weighted by atomic mass is 16.3. The summed E-state index contributed by atoms with van der Waals surface area (Å²) in [6.45, 7) is 1.95. The Morgan fingerprint density at radius 2 is 1.59 bits per heavy atom. The zero-order valence-corrected chi connectivity index (χ0v) is 17.7. The van der Waals surface area contributed by atoms with Gasteiger partial charge in [-0.15, -0.1) is 0 Å². The minimum Gasteiger partial charge on any atom is -0.506 e. The second kappa shape index (κ2) is 8.48. The van der Waals surface area contributed by atoms with Gasteiger partial charge in [-0.05, 0) is 54.3 Å². The molecule has 6 heteroatoms. The molecule has 1 amide bonds. The molecule has 5 rings (SSSR count). The highest BCUT2D eigenvalue weighted by Gasteiger charge is 2.26. The molecule has 1 saturated heterocycles. The van der Waals surface area contributed by atoms with Crippen LogP contribution in [0.3, 0.4) is 0 Å². The average molecular weight is 428 g/mol. The average Bonchev–Trinajstić information content (AvgIpc) is 3.08. The van der Waals surface area contributed by atoms with Gasteiger partial charge >= 0.3 is 0 Å². The Kier molecular flexibility index (Phi) is 5.37. The molecule has 32 heavy (non-hydrogen) atoms. The fourth-order valence-corrected chi connectivity index (χ4v) is 4.56. The molecule has 6 nitrogen and oxygen atoms in total. The van der Waals surface area contributed by atoms with Gasteiger partial charge in [-0.3, -0.25) is 14.5 Å². The van der Waals surface area contributed by atoms with Crippen molar-refractivity contribution in [3.05, 3.63) is 77.9 Å². The smallest absolute Gasteiger partial charge is 0.238 e. The minimum atomic E-state index is -0.0605. The Labute approximate surface area is 186 Å². The molecule has 0 atom stereocenters. The summed E-state index contributed by atoms with van der Waals surface area (Å²) < 4.78 is 0. The maximum atomic E-state index is 12.6. The fraction of sp³-hybridized carbons (Fsp3) is 0.231. The molecule has 0 radical (unpaired) electrons. The van der Waals surface area contributed by atoms with Crippen molar-refractivity contribution < 1.29 is 14.7 Å². The van der Waals surface area contributed by atoms with Crippen LogP contribution < -0.4 is 10.6 Å². The lowest BCUT2D eigenvalue weighted by Gasteiger charge is -2.32. The molecule has 2 aliphatic rings. The van der Waals surface area contributed by atoms with Crippen LogP contribution in [0.15, 0.2) is 66.7 Å². The number of phenols is 1. The lowest BCUT2D eigenvalue weighted by molar-refractivity contribution is -0.117. The first-order chi connectivity index (χ1) is 15.6. The van der Waals surface area contributed by atoms with Crippen LogP contribution in [-0.2, 0) is 4.79 Å². The number of ketones is 1. The third-order valence-corrected chi connectivity index (χ3v) is 6.23. The third-order valence-electron chi connectivity index (χ3n) is 6.23. The molecule has 0 saturated carbocycles. The maximum absolute atomic E-state index is 12.6. The summed E-state index contributed by atoms with van der Waals surface area (Å²) in [5.74, 6) is 0.233. The highest BCUT2D eigenvalue weighted by Crippen LogP contribution is 2.37. The van der Waals surface area contributed by atoms with E-state index in [1.54, 1.807) is 24.3 Å². The first-order valence-corrected chi connectivity index (χ1v) is 10.9. The number of hydrogen-bond donors (Lipinski definition) is 3. The van der Waals surface area contributed by atoms with Gasteiger partial charge in [0.25, 0.3) is 0 Å². The molecular weight excluding hydrogens is 402 g/mol. The number of piperidine rings is 1. The van der Waals surface area contributed by atoms with Gasteiger partial charge in [-0.25, -0.2) is 0 Å². The minimum absolute atomic E-state index is 0.0359. The Hall–Kier alpha value is -3.64. The van der Waals surface area contributed by atoms with E-state index in [4.69, 9.17) is 0 Å². The van der Waals surface area contributed by atoms with E-state index in [2.05, 4.69) is 15.5 Å². The predicted octanol–water partition coefficient (Wildman–Crippen LogP) is 4.12. The van der Waals surface area contributed by atoms with Crippen molar-refractivity contribution in [3.63, 3.8) is 0 Å². The number of aromatic hydroxyl groups is 1. The molecule has 162 valence electrons. The number of carbonyl (C=O) groups is 2. The van der Waals surface area contributed by atoms with Gasteiger partial charge in [-0.1, -0.05) is 36.4 Å². The summed E-state index contributed by atoms with van der Waals surface area (Å²) in [4.78, 5) is 27.3. The van der Waals surface area contributed by atoms with Gasteiger partial charge in [0.05, 0.1) is 12.2 Å². The van der Waals surface area contributed by atoms with E-state index in [-0.39, 0.29) is 23.5 Å². The van der Waals surface area contributed by atoms with Crippen molar-refractivity contribution in [3.8, 4) is 16.9 Å². The second-order valence-corrected chi connectivity index (χ2v) is 8.40. The number of hydrogen-bond acceptors (Lipinski definition) is 5. The lowest BCUT2D eigenvalue weighted by atomic mass is 10.0. The van der Waals surface area contributed by atoms with Gasteiger partial charge in [-0.2, -0.15) is 0 Å². The number of anilines is 2. The number of likely N-dealkylation sites (tertiary alicyclic amines) is 1. The van der Waals surface area contributed by atoms with Crippen molar-refractivity contribution >= 4 is 23.1 Å². The van der Waals surface area contributed by atoms with E-state index in [1.165, 1.54) is 0 Å². The Morgan fingerprint density at radius 3 is 2.38 bits per heavy atom. The number of carbonyl (C=O) groups excluding carboxylic acids is 2. The Balaban J connectivity index is 1.17. The van der Waals surface area contributed by atoms with Crippen LogP contribution in [0.4, 0.5) is 11.4 Å². The van der Waals surface area contributed by atoms with Crippen LogP contribution in [0.1, 0.15) is 28.8 Å². The summed E-state index contributed by atoms with van der Waals surface area (Å²) in [6, 6.07) is 20.6. The van der Waals surface area contributed by atoms with E-state index in [0.717, 1.165) is 42.7 Å². The first-order valence-electron chi connectivity index (χ1n) is 10.9. The largest absolute Gasteiger partial charge is 0.506 e. The first kappa shape index (κ1) is 20.3. The molecule has 1 heterocycles. The predicted molar refractivity (Wildman–Crippen MR) is 125 cm³/mol. The van der Waals surface area contributed by atoms with Crippen LogP contribution in [0.5, 0.6) is 5.75 Å². The van der Waals surface area contributed by atoms with E-state index in [0.29, 0.717) is 23.4 Å². The topological polar surface area (TPSA) is 81.7 Å². The van der Waals surface area contributed by atoms with Gasteiger partial charge in [0.15, 0.2) is 5.78 Å². The SMILES string of the molecule is O=C(CN1CCC(Nc2ccccc2O)CC1)Nc1ccc2c(c1)-c1ccccc1C2=O. The number of benzene rings is 3. The molecule has 3 aromatic rings. The quantitative estimate of drug-likeness (QED) is 0.418. The van der Waals surface area contributed by atoms with Crippen LogP contribution in [0.25, 0.3) is 11.1 Å². The molecule has 3 aromatic carbocycles. The molecule has 1 aliphatic carbocycles. The summed E-state index contributed by atoms with van der Waals surface area (Å²) in [5, 5.41) is 16.3. The zero-order chi connectivity index (χ0) is 22.1. The Morgan fingerprint density at radius 1 is 0.906 bits per heavy atom. The number of fused-ring (bicyclic) bond motifs is 3. The van der Waals surface area contributed by atoms with E-state index < -0.39 is 0 Å². The summed E-state index contributed by atoms with van der Waals surface area (Å²) in [7, 11) is 0. The van der Waals surface area contributed by atoms with Crippen LogP contribution in [-0.4, -0.2) is 47.4 Å². The summed E-state index contributed by atoms with van der Waals surface area (Å²) >= 11 is 0. The van der Waals surface area contributed by atoms with Crippen LogP contribution in [0.2, 0.25) is 0 Å². The second-order valence-electron chi connectivity index (χ2n) is 8.40. The standard InChI is InChI=1S/C26H25N3O3/c30-24-8-4-3-7-23(24)27-17-11-13-29(14-12-17)16-25(31)28-18-9-10-21-22(15-18)19-5-1-2-6-20(19)26(21)32/h1-10,15,17,27,30H,11-14,16H2,(H,28,31). The van der Waals surface area contributed by atoms with Crippen molar-refractivity contribution in [2.24, 2.45) is 0 Å². The molecule has 0 aromatic heterocycles. The monoisotopic (exact) mass is 427 g/mol. The Bertz CT molecular complexity index is 1180. The summed E-state index contributed by atoms with van der Waals surface area (Å²) in [5.41, 5.74) is 4.64. The van der Waals surface area contributed by atoms with Gasteiger partial charge in [0.2, 0.25) is 5.91 Å². The number of phenolic OH excluding ortho intramolecular Hbond substituents is 1. The molecule has 1 aliphatic heterocycles. The molecule has 0 unspecified atom stereocenters. The van der Waals surface area contributed by atoms with E-state index in [1.807, 2.05) is 42.5 Å². The number of nitrogens with zero attached hydrogens (tertiary/aromatic N) is 1. The summed E-state index contributed by atoms with van der Waals surface area (Å²) in [6.07, 6.45) is 1.80. The van der Waals surface area contributed by atoms with E-state index in [9.17, 15) is 14.7 Å². The normalized spacial score (nSPS) is 15.8. The number of para-hydroxylation sites is 2. The highest BCUT2D eigenvalue weighted by molar-refractivity contribution is 6.22. The number of rotatable bonds is 5. The van der Waals surface area contributed by atoms with Crippen molar-refractivity contribution in [1.29, 1.82) is 0 Å². The molecule has 0 bridgehead atoms. The fourth-order valence-electron chi connectivity index (χ4n) is 4.56. The number of amides is 1. The lowest BCUT2D eigenvalue weighted by Crippen LogP contribution is -2.42. The molecule has 0 spiro atoms. The van der Waals surface area contributed by atoms with Gasteiger partial charge in [0.1, 0.15) is 5.75 Å². The maximum Gasteiger partial charge on any atom is 0.238 e. The number of nitrogens with one attached hydrogen (secondary N) is 2. The van der Waals surface area contributed by atoms with Crippen molar-refractivity contribution in [2.45, 2.75) is 18.9 Å². The van der Waals surface area contributed by atoms with Crippen LogP contribution >= 0.6 is 0 Å². The van der Waals surface area contributed by atoms with E-state index >= 15 is 0 Å². The molecule has 3 N–H and O–H groups in total. The molecule has 1 fully saturated rings. The van der Waals surface area contributed by atoms with Crippen LogP contribution in [0, 0.1) is 0 Å². The van der Waals surface area contributed by atoms with Crippen molar-refractivity contribution in [1.82, 2.24) is 4.90 Å². The van der Waals surface area contributed by atoms with Crippen molar-refractivity contribution in [2.75, 3.05) is 30.3 Å².